The summed E-state index contributed by atoms with van der Waals surface area (Å²) in [6.45, 7) is -0.0527. The fourth-order valence-electron chi connectivity index (χ4n) is 5.60. The summed E-state index contributed by atoms with van der Waals surface area (Å²) in [7, 11) is 1.80. The van der Waals surface area contributed by atoms with Gasteiger partial charge in [0.05, 0.1) is 16.9 Å². The quantitative estimate of drug-likeness (QED) is 0.226. The van der Waals surface area contributed by atoms with Crippen LogP contribution in [0.4, 0.5) is 20.4 Å². The van der Waals surface area contributed by atoms with Crippen molar-refractivity contribution in [2.75, 3.05) is 17.7 Å². The van der Waals surface area contributed by atoms with Crippen molar-refractivity contribution in [2.24, 2.45) is 7.05 Å². The second-order valence-electron chi connectivity index (χ2n) is 10.8. The molecule has 2 aliphatic rings. The molecule has 5 aromatic rings. The number of aromatic nitrogens is 6. The Morgan fingerprint density at radius 3 is 2.71 bits per heavy atom. The fraction of sp³-hybridized carbons (Fsp3) is 0.357. The van der Waals surface area contributed by atoms with Gasteiger partial charge in [0.2, 0.25) is 0 Å². The molecule has 42 heavy (non-hydrogen) atoms. The molecule has 218 valence electrons. The van der Waals surface area contributed by atoms with Gasteiger partial charge in [-0.1, -0.05) is 0 Å². The molecule has 2 fully saturated rings. The maximum Gasteiger partial charge on any atom is 0.252 e. The molecule has 0 amide bonds. The van der Waals surface area contributed by atoms with E-state index in [1.807, 2.05) is 18.2 Å². The Morgan fingerprint density at radius 1 is 1.14 bits per heavy atom. The largest absolute Gasteiger partial charge is 0.491 e. The van der Waals surface area contributed by atoms with Gasteiger partial charge in [0, 0.05) is 49.1 Å². The number of hydrogen-bond acceptors (Lipinski definition) is 10. The predicted molar refractivity (Wildman–Crippen MR) is 148 cm³/mol. The summed E-state index contributed by atoms with van der Waals surface area (Å²) < 4.78 is 41.7. The minimum absolute atomic E-state index is 0.0527. The third-order valence-electron chi connectivity index (χ3n) is 7.77. The van der Waals surface area contributed by atoms with E-state index in [9.17, 15) is 19.0 Å². The van der Waals surface area contributed by atoms with Crippen LogP contribution in [0.1, 0.15) is 24.6 Å². The monoisotopic (exact) mass is 578 g/mol. The average Bonchev–Trinajstić information content (AvgIpc) is 3.62. The van der Waals surface area contributed by atoms with Crippen LogP contribution in [0.5, 0.6) is 5.75 Å². The molecule has 1 aromatic carbocycles. The summed E-state index contributed by atoms with van der Waals surface area (Å²) >= 11 is 0. The molecule has 1 aliphatic heterocycles. The van der Waals surface area contributed by atoms with Crippen LogP contribution in [-0.4, -0.2) is 76.5 Å². The highest BCUT2D eigenvalue weighted by atomic mass is 19.3. The molecule has 0 radical (unpaired) electrons. The van der Waals surface area contributed by atoms with E-state index in [0.29, 0.717) is 39.6 Å². The number of aryl methyl sites for hydroxylation is 1. The molecule has 12 nitrogen and oxygen atoms in total. The van der Waals surface area contributed by atoms with Crippen LogP contribution >= 0.6 is 0 Å². The van der Waals surface area contributed by atoms with Crippen molar-refractivity contribution in [3.63, 3.8) is 0 Å². The smallest absolute Gasteiger partial charge is 0.252 e. The minimum atomic E-state index is -2.62. The van der Waals surface area contributed by atoms with Gasteiger partial charge >= 0.3 is 0 Å². The third kappa shape index (κ3) is 4.66. The van der Waals surface area contributed by atoms with Crippen molar-refractivity contribution in [2.45, 2.75) is 49.2 Å². The summed E-state index contributed by atoms with van der Waals surface area (Å²) in [6.07, 6.45) is -1.62. The summed E-state index contributed by atoms with van der Waals surface area (Å²) in [4.78, 5) is 8.65. The molecule has 4 aromatic heterocycles. The van der Waals surface area contributed by atoms with Crippen LogP contribution in [0.25, 0.3) is 27.7 Å². The van der Waals surface area contributed by atoms with Crippen LogP contribution in [0.2, 0.25) is 0 Å². The van der Waals surface area contributed by atoms with E-state index < -0.39 is 30.3 Å². The van der Waals surface area contributed by atoms with E-state index in [-0.39, 0.29) is 31.3 Å². The Bertz CT molecular complexity index is 1780. The molecule has 0 unspecified atom stereocenters. The molecule has 7 rings (SSSR count). The van der Waals surface area contributed by atoms with Gasteiger partial charge in [0.15, 0.2) is 5.82 Å². The van der Waals surface area contributed by atoms with E-state index in [2.05, 4.69) is 25.5 Å². The SMILES string of the molecule is Cn1ccc(-c2cc([C@@H]3O[C@H](COc4ccc5ccc(NC6CC(F)(F)C6)nc5c4)[C@@H](O)[C@H]3O)n3ncnc(N)c23)n1. The van der Waals surface area contributed by atoms with Crippen molar-refractivity contribution in [3.05, 3.63) is 60.7 Å². The van der Waals surface area contributed by atoms with Gasteiger partial charge in [0.25, 0.3) is 5.92 Å². The van der Waals surface area contributed by atoms with Gasteiger partial charge in [-0.2, -0.15) is 10.2 Å². The Hall–Kier alpha value is -4.40. The molecule has 4 atom stereocenters. The number of halogens is 2. The van der Waals surface area contributed by atoms with Crippen molar-refractivity contribution < 1.29 is 28.5 Å². The lowest BCUT2D eigenvalue weighted by atomic mass is 9.88. The van der Waals surface area contributed by atoms with E-state index >= 15 is 0 Å². The van der Waals surface area contributed by atoms with Crippen molar-refractivity contribution in [1.82, 2.24) is 29.4 Å². The molecule has 0 spiro atoms. The topological polar surface area (TPSA) is 158 Å². The maximum atomic E-state index is 13.2. The normalized spacial score (nSPS) is 23.8. The standard InChI is InChI=1S/C28H28F2N8O4/c1-37-7-6-18(36-37)17-9-20(38-23(17)27(31)32-13-33-38)26-25(40)24(39)21(42-26)12-41-16-4-2-14-3-5-22(35-19(14)8-16)34-15-10-28(29,30)11-15/h2-9,13,15,21,24-26,39-40H,10-12H2,1H3,(H,34,35)(H2,31,32,33)/t21-,24-,25-,26+/m1/s1. The molecule has 14 heteroatoms. The highest BCUT2D eigenvalue weighted by Crippen LogP contribution is 2.40. The van der Waals surface area contributed by atoms with Crippen LogP contribution in [0.3, 0.4) is 0 Å². The van der Waals surface area contributed by atoms with Gasteiger partial charge in [-0.15, -0.1) is 0 Å². The van der Waals surface area contributed by atoms with E-state index in [1.54, 1.807) is 46.7 Å². The number of fused-ring (bicyclic) bond motifs is 2. The van der Waals surface area contributed by atoms with Crippen LogP contribution < -0.4 is 15.8 Å². The fourth-order valence-corrected chi connectivity index (χ4v) is 5.60. The summed E-state index contributed by atoms with van der Waals surface area (Å²) in [5.74, 6) is -1.40. The Morgan fingerprint density at radius 2 is 1.95 bits per heavy atom. The molecular weight excluding hydrogens is 550 g/mol. The number of rotatable bonds is 7. The highest BCUT2D eigenvalue weighted by molar-refractivity contribution is 5.87. The number of benzene rings is 1. The zero-order chi connectivity index (χ0) is 29.2. The van der Waals surface area contributed by atoms with Gasteiger partial charge in [0.1, 0.15) is 54.4 Å². The van der Waals surface area contributed by atoms with Crippen LogP contribution in [0, 0.1) is 0 Å². The molecular formula is C28H28F2N8O4. The zero-order valence-electron chi connectivity index (χ0n) is 22.4. The number of aliphatic hydroxyl groups excluding tert-OH is 2. The molecule has 5 N–H and O–H groups in total. The number of nitrogens with one attached hydrogen (secondary N) is 1. The lowest BCUT2D eigenvalue weighted by molar-refractivity contribution is -0.0794. The molecule has 1 aliphatic carbocycles. The predicted octanol–water partition coefficient (Wildman–Crippen LogP) is 2.71. The van der Waals surface area contributed by atoms with E-state index in [4.69, 9.17) is 15.2 Å². The number of ether oxygens (including phenoxy) is 2. The number of nitrogen functional groups attached to an aromatic ring is 1. The first-order valence-electron chi connectivity index (χ1n) is 13.5. The first-order valence-corrected chi connectivity index (χ1v) is 13.5. The highest BCUT2D eigenvalue weighted by Gasteiger charge is 2.46. The van der Waals surface area contributed by atoms with Crippen LogP contribution in [-0.2, 0) is 11.8 Å². The second kappa shape index (κ2) is 9.86. The number of anilines is 2. The van der Waals surface area contributed by atoms with Gasteiger partial charge in [-0.25, -0.2) is 23.3 Å². The van der Waals surface area contributed by atoms with Gasteiger partial charge in [-0.3, -0.25) is 4.68 Å². The summed E-state index contributed by atoms with van der Waals surface area (Å²) in [5, 5.41) is 34.5. The van der Waals surface area contributed by atoms with Crippen LogP contribution in [0.15, 0.2) is 55.0 Å². The second-order valence-corrected chi connectivity index (χ2v) is 10.8. The number of nitrogens with zero attached hydrogens (tertiary/aromatic N) is 6. The van der Waals surface area contributed by atoms with Crippen molar-refractivity contribution in [1.29, 1.82) is 0 Å². The average molecular weight is 579 g/mol. The third-order valence-corrected chi connectivity index (χ3v) is 7.77. The zero-order valence-corrected chi connectivity index (χ0v) is 22.4. The number of nitrogens with two attached hydrogens (primary N) is 1. The number of alkyl halides is 2. The van der Waals surface area contributed by atoms with Crippen molar-refractivity contribution in [3.8, 4) is 17.0 Å². The van der Waals surface area contributed by atoms with Crippen molar-refractivity contribution >= 4 is 28.1 Å². The number of aliphatic hydroxyl groups is 2. The summed E-state index contributed by atoms with van der Waals surface area (Å²) in [6, 6.07) is 12.2. The van der Waals surface area contributed by atoms with Gasteiger partial charge in [-0.05, 0) is 36.4 Å². The molecule has 5 heterocycles. The Labute approximate surface area is 237 Å². The lowest BCUT2D eigenvalue weighted by Gasteiger charge is -2.35. The Balaban J connectivity index is 1.09. The molecule has 0 bridgehead atoms. The first-order chi connectivity index (χ1) is 20.1. The number of pyridine rings is 1. The van der Waals surface area contributed by atoms with Gasteiger partial charge < -0.3 is 30.7 Å². The van der Waals surface area contributed by atoms with E-state index in [0.717, 1.165) is 5.39 Å². The molecule has 1 saturated carbocycles. The number of hydrogen-bond donors (Lipinski definition) is 4. The minimum Gasteiger partial charge on any atom is -0.491 e. The summed E-state index contributed by atoms with van der Waals surface area (Å²) in [5.41, 5.74) is 9.11. The maximum absolute atomic E-state index is 13.2. The molecule has 1 saturated heterocycles. The first kappa shape index (κ1) is 26.5. The Kier molecular flexibility index (Phi) is 6.22. The lowest BCUT2D eigenvalue weighted by Crippen LogP contribution is -2.44. The van der Waals surface area contributed by atoms with E-state index in [1.165, 1.54) is 6.33 Å².